The zero-order valence-electron chi connectivity index (χ0n) is 9.63. The van der Waals surface area contributed by atoms with Gasteiger partial charge in [-0.3, -0.25) is 4.79 Å². The molecule has 0 fully saturated rings. The summed E-state index contributed by atoms with van der Waals surface area (Å²) in [6.45, 7) is 6.56. The van der Waals surface area contributed by atoms with E-state index in [1.807, 2.05) is 20.8 Å². The van der Waals surface area contributed by atoms with E-state index < -0.39 is 0 Å². The van der Waals surface area contributed by atoms with E-state index in [9.17, 15) is 4.79 Å². The zero-order chi connectivity index (χ0) is 11.3. The SMILES string of the molecule is CCC(C)(C)C(=O)NCCc1ncc[nH]1. The third-order valence-electron chi connectivity index (χ3n) is 2.70. The molecule has 0 atom stereocenters. The lowest BCUT2D eigenvalue weighted by Crippen LogP contribution is -2.37. The van der Waals surface area contributed by atoms with Crippen molar-refractivity contribution >= 4 is 5.91 Å². The number of imidazole rings is 1. The molecule has 1 rings (SSSR count). The molecule has 0 aliphatic carbocycles. The van der Waals surface area contributed by atoms with Crippen LogP contribution in [-0.2, 0) is 11.2 Å². The Morgan fingerprint density at radius 3 is 2.87 bits per heavy atom. The van der Waals surface area contributed by atoms with Crippen molar-refractivity contribution in [3.8, 4) is 0 Å². The number of hydrogen-bond donors (Lipinski definition) is 2. The predicted molar refractivity (Wildman–Crippen MR) is 59.4 cm³/mol. The number of nitrogens with one attached hydrogen (secondary N) is 2. The van der Waals surface area contributed by atoms with Gasteiger partial charge in [0, 0.05) is 30.8 Å². The van der Waals surface area contributed by atoms with Gasteiger partial charge in [-0.15, -0.1) is 0 Å². The summed E-state index contributed by atoms with van der Waals surface area (Å²) in [4.78, 5) is 18.8. The van der Waals surface area contributed by atoms with Crippen LogP contribution in [-0.4, -0.2) is 22.4 Å². The van der Waals surface area contributed by atoms with Gasteiger partial charge in [-0.1, -0.05) is 20.8 Å². The van der Waals surface area contributed by atoms with E-state index in [4.69, 9.17) is 0 Å². The van der Waals surface area contributed by atoms with Crippen LogP contribution >= 0.6 is 0 Å². The minimum absolute atomic E-state index is 0.108. The molecule has 0 aliphatic rings. The lowest BCUT2D eigenvalue weighted by molar-refractivity contribution is -0.129. The van der Waals surface area contributed by atoms with Gasteiger partial charge in [-0.2, -0.15) is 0 Å². The highest BCUT2D eigenvalue weighted by molar-refractivity contribution is 5.81. The Bertz CT molecular complexity index is 304. The van der Waals surface area contributed by atoms with E-state index in [0.717, 1.165) is 18.7 Å². The second kappa shape index (κ2) is 4.96. The first-order chi connectivity index (χ1) is 7.06. The van der Waals surface area contributed by atoms with Crippen LogP contribution in [0.1, 0.15) is 33.0 Å². The minimum Gasteiger partial charge on any atom is -0.355 e. The molecule has 0 unspecified atom stereocenters. The van der Waals surface area contributed by atoms with Gasteiger partial charge in [0.05, 0.1) is 0 Å². The molecule has 0 aromatic carbocycles. The van der Waals surface area contributed by atoms with Gasteiger partial charge in [0.15, 0.2) is 0 Å². The average Bonchev–Trinajstić information content (AvgIpc) is 2.70. The molecule has 4 nitrogen and oxygen atoms in total. The van der Waals surface area contributed by atoms with Crippen LogP contribution in [0.3, 0.4) is 0 Å². The summed E-state index contributed by atoms with van der Waals surface area (Å²) in [7, 11) is 0. The van der Waals surface area contributed by atoms with Crippen LogP contribution in [0.25, 0.3) is 0 Å². The van der Waals surface area contributed by atoms with Gasteiger partial charge in [-0.25, -0.2) is 4.98 Å². The molecule has 0 saturated heterocycles. The number of amides is 1. The maximum atomic E-state index is 11.7. The molecule has 1 amide bonds. The molecule has 15 heavy (non-hydrogen) atoms. The molecule has 84 valence electrons. The lowest BCUT2D eigenvalue weighted by atomic mass is 9.89. The van der Waals surface area contributed by atoms with E-state index >= 15 is 0 Å². The van der Waals surface area contributed by atoms with Crippen LogP contribution in [0.15, 0.2) is 12.4 Å². The molecular formula is C11H19N3O. The largest absolute Gasteiger partial charge is 0.355 e. The summed E-state index contributed by atoms with van der Waals surface area (Å²) in [5, 5.41) is 2.91. The Hall–Kier alpha value is -1.32. The Balaban J connectivity index is 2.29. The van der Waals surface area contributed by atoms with E-state index in [1.54, 1.807) is 12.4 Å². The normalized spacial score (nSPS) is 11.4. The van der Waals surface area contributed by atoms with E-state index in [0.29, 0.717) is 6.54 Å². The second-order valence-corrected chi connectivity index (χ2v) is 4.28. The number of hydrogen-bond acceptors (Lipinski definition) is 2. The summed E-state index contributed by atoms with van der Waals surface area (Å²) in [5.74, 6) is 1.01. The van der Waals surface area contributed by atoms with Crippen LogP contribution in [0.5, 0.6) is 0 Å². The third kappa shape index (κ3) is 3.38. The Morgan fingerprint density at radius 1 is 1.60 bits per heavy atom. The van der Waals surface area contributed by atoms with E-state index in [2.05, 4.69) is 15.3 Å². The van der Waals surface area contributed by atoms with Gasteiger partial charge in [0.25, 0.3) is 0 Å². The summed E-state index contributed by atoms with van der Waals surface area (Å²) in [6, 6.07) is 0. The maximum absolute atomic E-state index is 11.7. The number of carbonyl (C=O) groups excluding carboxylic acids is 1. The van der Waals surface area contributed by atoms with Crippen LogP contribution in [0.2, 0.25) is 0 Å². The number of H-pyrrole nitrogens is 1. The molecule has 1 aromatic rings. The van der Waals surface area contributed by atoms with Crippen molar-refractivity contribution in [1.82, 2.24) is 15.3 Å². The average molecular weight is 209 g/mol. The standard InChI is InChI=1S/C11H19N3O/c1-4-11(2,3)10(15)14-6-5-9-12-7-8-13-9/h7-8H,4-6H2,1-3H3,(H,12,13)(H,14,15). The number of aromatic amines is 1. The zero-order valence-corrected chi connectivity index (χ0v) is 9.63. The number of nitrogens with zero attached hydrogens (tertiary/aromatic N) is 1. The molecular weight excluding hydrogens is 190 g/mol. The topological polar surface area (TPSA) is 57.8 Å². The Morgan fingerprint density at radius 2 is 2.33 bits per heavy atom. The van der Waals surface area contributed by atoms with E-state index in [-0.39, 0.29) is 11.3 Å². The summed E-state index contributed by atoms with van der Waals surface area (Å²) in [6.07, 6.45) is 5.10. The van der Waals surface area contributed by atoms with Crippen molar-refractivity contribution < 1.29 is 4.79 Å². The van der Waals surface area contributed by atoms with Crippen molar-refractivity contribution in [3.05, 3.63) is 18.2 Å². The van der Waals surface area contributed by atoms with Crippen molar-refractivity contribution in [2.45, 2.75) is 33.6 Å². The summed E-state index contributed by atoms with van der Waals surface area (Å²) < 4.78 is 0. The fraction of sp³-hybridized carbons (Fsp3) is 0.636. The van der Waals surface area contributed by atoms with Gasteiger partial charge in [0.2, 0.25) is 5.91 Å². The van der Waals surface area contributed by atoms with Crippen LogP contribution < -0.4 is 5.32 Å². The van der Waals surface area contributed by atoms with Crippen molar-refractivity contribution in [2.24, 2.45) is 5.41 Å². The van der Waals surface area contributed by atoms with E-state index in [1.165, 1.54) is 0 Å². The summed E-state index contributed by atoms with van der Waals surface area (Å²) in [5.41, 5.74) is -0.275. The number of aromatic nitrogens is 2. The molecule has 0 bridgehead atoms. The molecule has 0 radical (unpaired) electrons. The first kappa shape index (κ1) is 11.8. The van der Waals surface area contributed by atoms with Crippen molar-refractivity contribution in [2.75, 3.05) is 6.54 Å². The van der Waals surface area contributed by atoms with Gasteiger partial charge < -0.3 is 10.3 Å². The highest BCUT2D eigenvalue weighted by Crippen LogP contribution is 2.19. The monoisotopic (exact) mass is 209 g/mol. The molecule has 2 N–H and O–H groups in total. The molecule has 0 saturated carbocycles. The quantitative estimate of drug-likeness (QED) is 0.772. The minimum atomic E-state index is -0.275. The smallest absolute Gasteiger partial charge is 0.225 e. The predicted octanol–water partition coefficient (Wildman–Crippen LogP) is 1.50. The van der Waals surface area contributed by atoms with Gasteiger partial charge in [0.1, 0.15) is 5.82 Å². The maximum Gasteiger partial charge on any atom is 0.225 e. The van der Waals surface area contributed by atoms with Gasteiger partial charge >= 0.3 is 0 Å². The number of rotatable bonds is 5. The molecule has 0 spiro atoms. The first-order valence-electron chi connectivity index (χ1n) is 5.33. The second-order valence-electron chi connectivity index (χ2n) is 4.28. The van der Waals surface area contributed by atoms with Crippen LogP contribution in [0.4, 0.5) is 0 Å². The fourth-order valence-corrected chi connectivity index (χ4v) is 1.13. The Labute approximate surface area is 90.5 Å². The Kier molecular flexibility index (Phi) is 3.88. The highest BCUT2D eigenvalue weighted by Gasteiger charge is 2.24. The molecule has 4 heteroatoms. The summed E-state index contributed by atoms with van der Waals surface area (Å²) >= 11 is 0. The first-order valence-corrected chi connectivity index (χ1v) is 5.33. The molecule has 1 heterocycles. The number of carbonyl (C=O) groups is 1. The molecule has 0 aliphatic heterocycles. The third-order valence-corrected chi connectivity index (χ3v) is 2.70. The molecule has 1 aromatic heterocycles. The van der Waals surface area contributed by atoms with Crippen LogP contribution in [0, 0.1) is 5.41 Å². The van der Waals surface area contributed by atoms with Crippen molar-refractivity contribution in [1.29, 1.82) is 0 Å². The highest BCUT2D eigenvalue weighted by atomic mass is 16.2. The fourth-order valence-electron chi connectivity index (χ4n) is 1.13. The lowest BCUT2D eigenvalue weighted by Gasteiger charge is -2.21. The van der Waals surface area contributed by atoms with Crippen molar-refractivity contribution in [3.63, 3.8) is 0 Å². The van der Waals surface area contributed by atoms with Gasteiger partial charge in [-0.05, 0) is 6.42 Å².